The molecule has 0 spiro atoms. The molecule has 4 aromatic rings. The molecule has 0 N–H and O–H groups in total. The lowest BCUT2D eigenvalue weighted by molar-refractivity contribution is 0.0948. The van der Waals surface area contributed by atoms with Gasteiger partial charge in [-0.25, -0.2) is 4.79 Å². The third-order valence-corrected chi connectivity index (χ3v) is 5.88. The van der Waals surface area contributed by atoms with Crippen molar-refractivity contribution < 1.29 is 9.26 Å². The summed E-state index contributed by atoms with van der Waals surface area (Å²) in [5.74, 6) is 0.714. The number of aromatic nitrogens is 4. The average Bonchev–Trinajstić information content (AvgIpc) is 3.46. The normalized spacial score (nSPS) is 16.2. The number of hydrogen-bond donors (Lipinski definition) is 0. The molecule has 9 heteroatoms. The highest BCUT2D eigenvalue weighted by atomic mass is 79.9. The van der Waals surface area contributed by atoms with Crippen LogP contribution in [0.4, 0.5) is 0 Å². The minimum atomic E-state index is -0.415. The molecular weight excluding hydrogens is 464 g/mol. The zero-order valence-electron chi connectivity index (χ0n) is 16.5. The fourth-order valence-corrected chi connectivity index (χ4v) is 4.28. The molecule has 0 bridgehead atoms. The smallest absolute Gasteiger partial charge is 0.332 e. The molecule has 0 amide bonds. The van der Waals surface area contributed by atoms with Gasteiger partial charge in [0.15, 0.2) is 0 Å². The van der Waals surface area contributed by atoms with Crippen molar-refractivity contribution in [2.75, 3.05) is 6.61 Å². The van der Waals surface area contributed by atoms with Crippen LogP contribution in [0.5, 0.6) is 0 Å². The van der Waals surface area contributed by atoms with E-state index < -0.39 is 5.69 Å². The maximum atomic E-state index is 13.3. The van der Waals surface area contributed by atoms with E-state index in [0.717, 1.165) is 22.9 Å². The molecule has 0 unspecified atom stereocenters. The molecular formula is C22H19BrN4O4. The fraction of sp³-hybridized carbons (Fsp3) is 0.273. The third kappa shape index (κ3) is 3.86. The standard InChI is InChI=1S/C22H19BrN4O4/c23-15-6-3-5-14(11-15)20-24-19(31-25-20)13-26-18-9-2-1-8-17(18)21(28)27(22(26)29)12-16-7-4-10-30-16/h1-3,5-6,8-9,11,16H,4,7,10,12-13H2/t16-/m1/s1. The maximum absolute atomic E-state index is 13.3. The van der Waals surface area contributed by atoms with Crippen LogP contribution >= 0.6 is 15.9 Å². The molecule has 0 saturated carbocycles. The summed E-state index contributed by atoms with van der Waals surface area (Å²) in [6, 6.07) is 14.6. The number of ether oxygens (including phenoxy) is 1. The lowest BCUT2D eigenvalue weighted by atomic mass is 10.2. The van der Waals surface area contributed by atoms with Crippen molar-refractivity contribution in [3.8, 4) is 11.4 Å². The molecule has 0 radical (unpaired) electrons. The number of para-hydroxylation sites is 1. The number of halogens is 1. The van der Waals surface area contributed by atoms with Crippen molar-refractivity contribution in [1.82, 2.24) is 19.3 Å². The van der Waals surface area contributed by atoms with Crippen LogP contribution in [0, 0.1) is 0 Å². The Labute approximate surface area is 185 Å². The van der Waals surface area contributed by atoms with Crippen molar-refractivity contribution in [2.24, 2.45) is 0 Å². The zero-order chi connectivity index (χ0) is 21.4. The van der Waals surface area contributed by atoms with Gasteiger partial charge in [0.2, 0.25) is 11.7 Å². The summed E-state index contributed by atoms with van der Waals surface area (Å²) in [5, 5.41) is 4.51. The quantitative estimate of drug-likeness (QED) is 0.433. The molecule has 1 fully saturated rings. The van der Waals surface area contributed by atoms with E-state index >= 15 is 0 Å². The van der Waals surface area contributed by atoms with Crippen LogP contribution in [0.25, 0.3) is 22.3 Å². The number of benzene rings is 2. The highest BCUT2D eigenvalue weighted by molar-refractivity contribution is 9.10. The minimum Gasteiger partial charge on any atom is -0.376 e. The first-order valence-corrected chi connectivity index (χ1v) is 10.8. The van der Waals surface area contributed by atoms with Crippen molar-refractivity contribution >= 4 is 26.8 Å². The molecule has 1 aliphatic rings. The van der Waals surface area contributed by atoms with Gasteiger partial charge in [0.05, 0.1) is 23.6 Å². The molecule has 3 heterocycles. The Morgan fingerprint density at radius 2 is 1.97 bits per heavy atom. The number of nitrogens with zero attached hydrogens (tertiary/aromatic N) is 4. The molecule has 31 heavy (non-hydrogen) atoms. The van der Waals surface area contributed by atoms with Gasteiger partial charge in [-0.15, -0.1) is 0 Å². The molecule has 1 saturated heterocycles. The Hall–Kier alpha value is -3.04. The molecule has 8 nitrogen and oxygen atoms in total. The van der Waals surface area contributed by atoms with Crippen LogP contribution in [0.2, 0.25) is 0 Å². The summed E-state index contributed by atoms with van der Waals surface area (Å²) >= 11 is 3.43. The Morgan fingerprint density at radius 3 is 2.77 bits per heavy atom. The average molecular weight is 483 g/mol. The Balaban J connectivity index is 1.56. The van der Waals surface area contributed by atoms with E-state index in [1.165, 1.54) is 9.13 Å². The van der Waals surface area contributed by atoms with Gasteiger partial charge in [-0.1, -0.05) is 45.4 Å². The van der Waals surface area contributed by atoms with Crippen molar-refractivity contribution in [1.29, 1.82) is 0 Å². The van der Waals surface area contributed by atoms with E-state index in [0.29, 0.717) is 23.3 Å². The predicted molar refractivity (Wildman–Crippen MR) is 118 cm³/mol. The fourth-order valence-electron chi connectivity index (χ4n) is 3.88. The van der Waals surface area contributed by atoms with Crippen molar-refractivity contribution in [3.05, 3.63) is 79.7 Å². The summed E-state index contributed by atoms with van der Waals surface area (Å²) < 4.78 is 14.7. The predicted octanol–water partition coefficient (Wildman–Crippen LogP) is 3.20. The first kappa shape index (κ1) is 19.9. The van der Waals surface area contributed by atoms with Gasteiger partial charge in [-0.05, 0) is 37.1 Å². The van der Waals surface area contributed by atoms with Gasteiger partial charge in [0.25, 0.3) is 5.56 Å². The van der Waals surface area contributed by atoms with Gasteiger partial charge in [-0.2, -0.15) is 4.98 Å². The van der Waals surface area contributed by atoms with Gasteiger partial charge in [0, 0.05) is 16.6 Å². The van der Waals surface area contributed by atoms with E-state index in [4.69, 9.17) is 9.26 Å². The van der Waals surface area contributed by atoms with Crippen molar-refractivity contribution in [3.63, 3.8) is 0 Å². The molecule has 1 aliphatic heterocycles. The summed E-state index contributed by atoms with van der Waals surface area (Å²) in [6.07, 6.45) is 1.63. The van der Waals surface area contributed by atoms with Crippen LogP contribution in [0.3, 0.4) is 0 Å². The van der Waals surface area contributed by atoms with Crippen LogP contribution in [0.15, 0.2) is 67.1 Å². The van der Waals surface area contributed by atoms with E-state index in [9.17, 15) is 9.59 Å². The molecule has 1 atom stereocenters. The largest absolute Gasteiger partial charge is 0.376 e. The summed E-state index contributed by atoms with van der Waals surface area (Å²) in [5.41, 5.74) is 0.599. The summed E-state index contributed by atoms with van der Waals surface area (Å²) in [4.78, 5) is 30.7. The van der Waals surface area contributed by atoms with Crippen molar-refractivity contribution in [2.45, 2.75) is 32.0 Å². The lowest BCUT2D eigenvalue weighted by Crippen LogP contribution is -2.42. The second-order valence-electron chi connectivity index (χ2n) is 7.46. The van der Waals surface area contributed by atoms with Gasteiger partial charge < -0.3 is 9.26 Å². The number of hydrogen-bond acceptors (Lipinski definition) is 6. The highest BCUT2D eigenvalue weighted by Gasteiger charge is 2.21. The SMILES string of the molecule is O=c1c2ccccc2n(Cc2nc(-c3cccc(Br)c3)no2)c(=O)n1C[C@H]1CCCO1. The number of fused-ring (bicyclic) bond motifs is 1. The Bertz CT molecular complexity index is 1370. The molecule has 5 rings (SSSR count). The molecule has 158 valence electrons. The first-order chi connectivity index (χ1) is 15.1. The van der Waals surface area contributed by atoms with E-state index in [2.05, 4.69) is 26.1 Å². The summed E-state index contributed by atoms with van der Waals surface area (Å²) in [6.45, 7) is 0.948. The van der Waals surface area contributed by atoms with Gasteiger partial charge >= 0.3 is 5.69 Å². The van der Waals surface area contributed by atoms with Gasteiger partial charge in [0.1, 0.15) is 6.54 Å². The van der Waals surface area contributed by atoms with Crippen LogP contribution in [-0.4, -0.2) is 32.0 Å². The third-order valence-electron chi connectivity index (χ3n) is 5.39. The van der Waals surface area contributed by atoms with Gasteiger partial charge in [-0.3, -0.25) is 13.9 Å². The molecule has 2 aromatic carbocycles. The molecule has 0 aliphatic carbocycles. The van der Waals surface area contributed by atoms with E-state index in [1.54, 1.807) is 24.3 Å². The Morgan fingerprint density at radius 1 is 1.10 bits per heavy atom. The van der Waals surface area contributed by atoms with Crippen LogP contribution in [0.1, 0.15) is 18.7 Å². The highest BCUT2D eigenvalue weighted by Crippen LogP contribution is 2.21. The van der Waals surface area contributed by atoms with E-state index in [1.807, 2.05) is 24.3 Å². The topological polar surface area (TPSA) is 92.2 Å². The van der Waals surface area contributed by atoms with Crippen LogP contribution < -0.4 is 11.2 Å². The minimum absolute atomic E-state index is 0.0617. The van der Waals surface area contributed by atoms with Crippen LogP contribution in [-0.2, 0) is 17.8 Å². The Kier molecular flexibility index (Phi) is 5.29. The molecule has 2 aromatic heterocycles. The second kappa shape index (κ2) is 8.24. The summed E-state index contributed by atoms with van der Waals surface area (Å²) in [7, 11) is 0. The number of rotatable bonds is 5. The lowest BCUT2D eigenvalue weighted by Gasteiger charge is -2.15. The first-order valence-electron chi connectivity index (χ1n) is 10.0. The zero-order valence-corrected chi connectivity index (χ0v) is 18.1. The monoisotopic (exact) mass is 482 g/mol. The second-order valence-corrected chi connectivity index (χ2v) is 8.37. The van der Waals surface area contributed by atoms with E-state index in [-0.39, 0.29) is 30.6 Å². The maximum Gasteiger partial charge on any atom is 0.332 e.